The minimum Gasteiger partial charge on any atom is -0.326 e. The number of halogens is 1. The van der Waals surface area contributed by atoms with Crippen LogP contribution in [0.3, 0.4) is 0 Å². The van der Waals surface area contributed by atoms with Crippen LogP contribution in [0.15, 0.2) is 27.8 Å². The third-order valence-electron chi connectivity index (χ3n) is 2.58. The van der Waals surface area contributed by atoms with E-state index in [1.54, 1.807) is 11.7 Å². The van der Waals surface area contributed by atoms with Gasteiger partial charge in [0.1, 0.15) is 0 Å². The second kappa shape index (κ2) is 6.85. The minimum atomic E-state index is -0.0191. The van der Waals surface area contributed by atoms with E-state index in [1.807, 2.05) is 25.1 Å². The number of aryl methyl sites for hydroxylation is 2. The van der Waals surface area contributed by atoms with E-state index in [-0.39, 0.29) is 5.91 Å². The van der Waals surface area contributed by atoms with Crippen LogP contribution >= 0.6 is 27.7 Å². The van der Waals surface area contributed by atoms with Crippen LogP contribution in [-0.2, 0) is 11.8 Å². The Kier molecular flexibility index (Phi) is 5.13. The lowest BCUT2D eigenvalue weighted by Gasteiger charge is -2.06. The van der Waals surface area contributed by atoms with Gasteiger partial charge in [-0.2, -0.15) is 0 Å². The topological polar surface area (TPSA) is 72.7 Å². The molecule has 0 spiro atoms. The van der Waals surface area contributed by atoms with Crippen molar-refractivity contribution >= 4 is 39.3 Å². The highest BCUT2D eigenvalue weighted by molar-refractivity contribution is 9.10. The van der Waals surface area contributed by atoms with Crippen LogP contribution < -0.4 is 5.32 Å². The molecule has 0 radical (unpaired) electrons. The molecule has 0 saturated heterocycles. The van der Waals surface area contributed by atoms with Crippen molar-refractivity contribution in [2.75, 3.05) is 11.1 Å². The number of carbonyl (C=O) groups is 1. The highest BCUT2D eigenvalue weighted by Crippen LogP contribution is 2.20. The number of nitrogens with zero attached hydrogens (tertiary/aromatic N) is 4. The molecule has 8 heteroatoms. The molecule has 0 bridgehead atoms. The Morgan fingerprint density at radius 2 is 2.30 bits per heavy atom. The largest absolute Gasteiger partial charge is 0.326 e. The van der Waals surface area contributed by atoms with Gasteiger partial charge in [0.15, 0.2) is 0 Å². The highest BCUT2D eigenvalue weighted by atomic mass is 79.9. The lowest BCUT2D eigenvalue weighted by Crippen LogP contribution is -2.12. The molecule has 106 valence electrons. The van der Waals surface area contributed by atoms with Gasteiger partial charge in [-0.3, -0.25) is 4.79 Å². The fraction of sp³-hybridized carbons (Fsp3) is 0.333. The number of aromatic nitrogens is 4. The van der Waals surface area contributed by atoms with E-state index < -0.39 is 0 Å². The molecule has 1 heterocycles. The Hall–Kier alpha value is -1.41. The molecule has 1 N–H and O–H groups in total. The Bertz CT molecular complexity index is 616. The molecule has 6 nitrogen and oxygen atoms in total. The summed E-state index contributed by atoms with van der Waals surface area (Å²) in [6, 6.07) is 5.72. The number of anilines is 1. The molecule has 2 rings (SSSR count). The van der Waals surface area contributed by atoms with Crippen LogP contribution in [0.1, 0.15) is 12.0 Å². The van der Waals surface area contributed by atoms with Crippen molar-refractivity contribution in [2.24, 2.45) is 7.05 Å². The Balaban J connectivity index is 1.80. The molecule has 0 unspecified atom stereocenters. The number of hydrogen-bond donors (Lipinski definition) is 1. The smallest absolute Gasteiger partial charge is 0.225 e. The number of thioether (sulfide) groups is 1. The number of rotatable bonds is 5. The first kappa shape index (κ1) is 15.0. The van der Waals surface area contributed by atoms with Gasteiger partial charge in [0.25, 0.3) is 0 Å². The number of amides is 1. The van der Waals surface area contributed by atoms with Gasteiger partial charge < -0.3 is 5.32 Å². The average Bonchev–Trinajstić information content (AvgIpc) is 2.80. The summed E-state index contributed by atoms with van der Waals surface area (Å²) in [5.41, 5.74) is 1.89. The second-order valence-electron chi connectivity index (χ2n) is 4.20. The van der Waals surface area contributed by atoms with Gasteiger partial charge in [0.2, 0.25) is 11.1 Å². The first-order chi connectivity index (χ1) is 9.56. The predicted molar refractivity (Wildman–Crippen MR) is 81.6 cm³/mol. The van der Waals surface area contributed by atoms with Crippen molar-refractivity contribution in [1.82, 2.24) is 20.2 Å². The van der Waals surface area contributed by atoms with Crippen LogP contribution in [0.2, 0.25) is 0 Å². The zero-order chi connectivity index (χ0) is 14.5. The van der Waals surface area contributed by atoms with E-state index in [4.69, 9.17) is 0 Å². The molecule has 1 amide bonds. The lowest BCUT2D eigenvalue weighted by atomic mass is 10.2. The van der Waals surface area contributed by atoms with Crippen molar-refractivity contribution < 1.29 is 4.79 Å². The Labute approximate surface area is 129 Å². The van der Waals surface area contributed by atoms with Gasteiger partial charge in [-0.05, 0) is 41.1 Å². The normalized spacial score (nSPS) is 10.6. The summed E-state index contributed by atoms with van der Waals surface area (Å²) in [7, 11) is 1.77. The lowest BCUT2D eigenvalue weighted by molar-refractivity contribution is -0.115. The maximum absolute atomic E-state index is 11.8. The average molecular weight is 356 g/mol. The zero-order valence-corrected chi connectivity index (χ0v) is 13.5. The van der Waals surface area contributed by atoms with Crippen molar-refractivity contribution in [1.29, 1.82) is 0 Å². The van der Waals surface area contributed by atoms with Crippen LogP contribution in [0, 0.1) is 6.92 Å². The van der Waals surface area contributed by atoms with E-state index in [0.29, 0.717) is 17.3 Å². The summed E-state index contributed by atoms with van der Waals surface area (Å²) < 4.78 is 2.61. The molecule has 20 heavy (non-hydrogen) atoms. The zero-order valence-electron chi connectivity index (χ0n) is 11.1. The summed E-state index contributed by atoms with van der Waals surface area (Å²) in [5.74, 6) is 0.615. The van der Waals surface area contributed by atoms with Crippen LogP contribution in [-0.4, -0.2) is 31.9 Å². The number of carbonyl (C=O) groups excluding carboxylic acids is 1. The molecule has 2 aromatic rings. The fourth-order valence-corrected chi connectivity index (χ4v) is 2.56. The predicted octanol–water partition coefficient (Wildman–Crippen LogP) is 2.40. The quantitative estimate of drug-likeness (QED) is 0.833. The van der Waals surface area contributed by atoms with E-state index in [2.05, 4.69) is 36.8 Å². The van der Waals surface area contributed by atoms with Crippen LogP contribution in [0.25, 0.3) is 0 Å². The third-order valence-corrected chi connectivity index (χ3v) is 4.49. The maximum Gasteiger partial charge on any atom is 0.225 e. The van der Waals surface area contributed by atoms with Gasteiger partial charge in [0.05, 0.1) is 0 Å². The van der Waals surface area contributed by atoms with E-state index >= 15 is 0 Å². The molecule has 0 aliphatic rings. The number of hydrogen-bond acceptors (Lipinski definition) is 5. The van der Waals surface area contributed by atoms with Crippen molar-refractivity contribution in [3.05, 3.63) is 28.2 Å². The fourth-order valence-electron chi connectivity index (χ4n) is 1.52. The first-order valence-electron chi connectivity index (χ1n) is 5.97. The monoisotopic (exact) mass is 355 g/mol. The molecule has 0 aliphatic heterocycles. The number of tetrazole rings is 1. The first-order valence-corrected chi connectivity index (χ1v) is 7.75. The Morgan fingerprint density at radius 1 is 1.50 bits per heavy atom. The van der Waals surface area contributed by atoms with Gasteiger partial charge in [-0.1, -0.05) is 27.7 Å². The number of benzene rings is 1. The second-order valence-corrected chi connectivity index (χ2v) is 6.11. The molecule has 1 aromatic heterocycles. The van der Waals surface area contributed by atoms with Crippen LogP contribution in [0.4, 0.5) is 5.69 Å². The molecular formula is C12H14BrN5OS. The molecule has 0 aliphatic carbocycles. The molecule has 0 atom stereocenters. The van der Waals surface area contributed by atoms with Gasteiger partial charge in [0, 0.05) is 29.4 Å². The van der Waals surface area contributed by atoms with Gasteiger partial charge in [-0.25, -0.2) is 4.68 Å². The van der Waals surface area contributed by atoms with E-state index in [0.717, 1.165) is 15.7 Å². The molecule has 1 aromatic carbocycles. The van der Waals surface area contributed by atoms with Gasteiger partial charge >= 0.3 is 0 Å². The third kappa shape index (κ3) is 4.04. The summed E-state index contributed by atoms with van der Waals surface area (Å²) in [6.45, 7) is 1.98. The maximum atomic E-state index is 11.8. The molecular weight excluding hydrogens is 342 g/mol. The summed E-state index contributed by atoms with van der Waals surface area (Å²) in [5, 5.41) is 14.7. The van der Waals surface area contributed by atoms with Crippen molar-refractivity contribution in [3.63, 3.8) is 0 Å². The van der Waals surface area contributed by atoms with Crippen LogP contribution in [0.5, 0.6) is 0 Å². The highest BCUT2D eigenvalue weighted by Gasteiger charge is 2.07. The van der Waals surface area contributed by atoms with Gasteiger partial charge in [-0.15, -0.1) is 5.10 Å². The molecule has 0 saturated carbocycles. The minimum absolute atomic E-state index is 0.0191. The van der Waals surface area contributed by atoms with E-state index in [1.165, 1.54) is 11.8 Å². The SMILES string of the molecule is Cc1cc(NC(=O)CCSc2nnnn2C)ccc1Br. The standard InChI is InChI=1S/C12H14BrN5OS/c1-8-7-9(3-4-10(8)13)14-11(19)5-6-20-12-15-16-17-18(12)2/h3-4,7H,5-6H2,1-2H3,(H,14,19). The summed E-state index contributed by atoms with van der Waals surface area (Å²) in [6.07, 6.45) is 0.409. The number of nitrogens with one attached hydrogen (secondary N) is 1. The molecule has 0 fully saturated rings. The summed E-state index contributed by atoms with van der Waals surface area (Å²) in [4.78, 5) is 11.8. The summed E-state index contributed by atoms with van der Waals surface area (Å²) >= 11 is 4.89. The van der Waals surface area contributed by atoms with E-state index in [9.17, 15) is 4.79 Å². The Morgan fingerprint density at radius 3 is 2.95 bits per heavy atom. The van der Waals surface area contributed by atoms with Crippen molar-refractivity contribution in [3.8, 4) is 0 Å². The van der Waals surface area contributed by atoms with Crippen molar-refractivity contribution in [2.45, 2.75) is 18.5 Å².